The van der Waals surface area contributed by atoms with Gasteiger partial charge in [0, 0.05) is 4.47 Å². The fourth-order valence-corrected chi connectivity index (χ4v) is 1.95. The summed E-state index contributed by atoms with van der Waals surface area (Å²) in [7, 11) is 0. The lowest BCUT2D eigenvalue weighted by molar-refractivity contribution is 0.291. The first kappa shape index (κ1) is 12.8. The average Bonchev–Trinajstić information content (AvgIpc) is 2.38. The predicted octanol–water partition coefficient (Wildman–Crippen LogP) is 2.41. The van der Waals surface area contributed by atoms with E-state index in [1.54, 1.807) is 0 Å². The molecule has 2 aromatic rings. The van der Waals surface area contributed by atoms with Crippen molar-refractivity contribution in [3.05, 3.63) is 46.2 Å². The summed E-state index contributed by atoms with van der Waals surface area (Å²) < 4.78 is 6.67. The molecule has 1 aromatic carbocycles. The molecule has 2 rings (SSSR count). The molecule has 3 N–H and O–H groups in total. The zero-order valence-corrected chi connectivity index (χ0v) is 11.4. The Morgan fingerprint density at radius 1 is 1.39 bits per heavy atom. The van der Waals surface area contributed by atoms with Crippen LogP contribution in [-0.4, -0.2) is 9.97 Å². The molecule has 0 saturated carbocycles. The minimum atomic E-state index is 0.446. The van der Waals surface area contributed by atoms with Crippen LogP contribution in [0.2, 0.25) is 0 Å². The van der Waals surface area contributed by atoms with Gasteiger partial charge in [0.2, 0.25) is 5.88 Å². The molecule has 18 heavy (non-hydrogen) atoms. The fourth-order valence-electron chi connectivity index (χ4n) is 1.50. The molecule has 5 nitrogen and oxygen atoms in total. The SMILES string of the molecule is Cc1c(NN)ncnc1OCc1cccc(Br)c1. The summed E-state index contributed by atoms with van der Waals surface area (Å²) in [5.41, 5.74) is 4.35. The van der Waals surface area contributed by atoms with Gasteiger partial charge in [-0.1, -0.05) is 28.1 Å². The van der Waals surface area contributed by atoms with Gasteiger partial charge in [0.1, 0.15) is 18.8 Å². The van der Waals surface area contributed by atoms with Gasteiger partial charge < -0.3 is 10.2 Å². The summed E-state index contributed by atoms with van der Waals surface area (Å²) >= 11 is 3.42. The molecule has 0 spiro atoms. The number of hydrogen-bond acceptors (Lipinski definition) is 5. The molecule has 0 atom stereocenters. The number of halogens is 1. The molecule has 0 bridgehead atoms. The summed E-state index contributed by atoms with van der Waals surface area (Å²) in [4.78, 5) is 8.08. The first-order valence-electron chi connectivity index (χ1n) is 5.36. The van der Waals surface area contributed by atoms with Crippen molar-refractivity contribution in [2.75, 3.05) is 5.43 Å². The van der Waals surface area contributed by atoms with E-state index in [2.05, 4.69) is 31.3 Å². The van der Waals surface area contributed by atoms with Crippen LogP contribution >= 0.6 is 15.9 Å². The lowest BCUT2D eigenvalue weighted by Gasteiger charge is -2.10. The zero-order chi connectivity index (χ0) is 13.0. The molecule has 1 aromatic heterocycles. The maximum atomic E-state index is 5.65. The van der Waals surface area contributed by atoms with E-state index in [0.717, 1.165) is 15.6 Å². The maximum absolute atomic E-state index is 5.65. The molecule has 0 aliphatic rings. The fraction of sp³-hybridized carbons (Fsp3) is 0.167. The molecule has 0 saturated heterocycles. The van der Waals surface area contributed by atoms with E-state index >= 15 is 0 Å². The lowest BCUT2D eigenvalue weighted by Crippen LogP contribution is -2.11. The highest BCUT2D eigenvalue weighted by atomic mass is 79.9. The Balaban J connectivity index is 2.11. The second-order valence-corrected chi connectivity index (χ2v) is 4.63. The van der Waals surface area contributed by atoms with Crippen LogP contribution in [0, 0.1) is 6.92 Å². The van der Waals surface area contributed by atoms with E-state index < -0.39 is 0 Å². The van der Waals surface area contributed by atoms with Crippen LogP contribution < -0.4 is 16.0 Å². The van der Waals surface area contributed by atoms with E-state index in [1.807, 2.05) is 31.2 Å². The molecule has 94 valence electrons. The van der Waals surface area contributed by atoms with Crippen molar-refractivity contribution in [2.24, 2.45) is 5.84 Å². The van der Waals surface area contributed by atoms with E-state index in [4.69, 9.17) is 10.6 Å². The Hall–Kier alpha value is -1.66. The summed E-state index contributed by atoms with van der Waals surface area (Å²) in [6.45, 7) is 2.30. The van der Waals surface area contributed by atoms with E-state index in [1.165, 1.54) is 6.33 Å². The van der Waals surface area contributed by atoms with Gasteiger partial charge in [-0.2, -0.15) is 0 Å². The van der Waals surface area contributed by atoms with Gasteiger partial charge >= 0.3 is 0 Å². The summed E-state index contributed by atoms with van der Waals surface area (Å²) in [6.07, 6.45) is 1.42. The molecule has 6 heteroatoms. The first-order chi connectivity index (χ1) is 8.70. The van der Waals surface area contributed by atoms with Gasteiger partial charge in [0.15, 0.2) is 0 Å². The molecule has 0 fully saturated rings. The van der Waals surface area contributed by atoms with Gasteiger partial charge in [-0.25, -0.2) is 15.8 Å². The predicted molar refractivity (Wildman–Crippen MR) is 73.1 cm³/mol. The second kappa shape index (κ2) is 5.79. The Labute approximate surface area is 113 Å². The molecular formula is C12H13BrN4O. The monoisotopic (exact) mass is 308 g/mol. The third-order valence-electron chi connectivity index (χ3n) is 2.44. The quantitative estimate of drug-likeness (QED) is 0.670. The third kappa shape index (κ3) is 2.96. The van der Waals surface area contributed by atoms with Crippen molar-refractivity contribution in [2.45, 2.75) is 13.5 Å². The number of aromatic nitrogens is 2. The maximum Gasteiger partial charge on any atom is 0.221 e. The molecule has 0 aliphatic heterocycles. The summed E-state index contributed by atoms with van der Waals surface area (Å²) in [5, 5.41) is 0. The minimum absolute atomic E-state index is 0.446. The molecule has 0 aliphatic carbocycles. The van der Waals surface area contributed by atoms with Crippen molar-refractivity contribution in [1.29, 1.82) is 0 Å². The Kier molecular flexibility index (Phi) is 4.11. The average molecular weight is 309 g/mol. The highest BCUT2D eigenvalue weighted by Crippen LogP contribution is 2.21. The van der Waals surface area contributed by atoms with E-state index in [-0.39, 0.29) is 0 Å². The zero-order valence-electron chi connectivity index (χ0n) is 9.85. The van der Waals surface area contributed by atoms with Crippen molar-refractivity contribution in [3.8, 4) is 5.88 Å². The van der Waals surface area contributed by atoms with Gasteiger partial charge in [0.25, 0.3) is 0 Å². The third-order valence-corrected chi connectivity index (χ3v) is 2.93. The van der Waals surface area contributed by atoms with E-state index in [9.17, 15) is 0 Å². The first-order valence-corrected chi connectivity index (χ1v) is 6.15. The number of benzene rings is 1. The smallest absolute Gasteiger partial charge is 0.221 e. The Bertz CT molecular complexity index is 547. The highest BCUT2D eigenvalue weighted by molar-refractivity contribution is 9.10. The van der Waals surface area contributed by atoms with Crippen LogP contribution in [0.1, 0.15) is 11.1 Å². The molecule has 0 radical (unpaired) electrons. The number of rotatable bonds is 4. The minimum Gasteiger partial charge on any atom is -0.472 e. The standard InChI is InChI=1S/C12H13BrN4O/c1-8-11(17-14)15-7-16-12(8)18-6-9-3-2-4-10(13)5-9/h2-5,7H,6,14H2,1H3,(H,15,16,17). The van der Waals surface area contributed by atoms with Crippen molar-refractivity contribution in [3.63, 3.8) is 0 Å². The number of hydrazine groups is 1. The van der Waals surface area contributed by atoms with Crippen LogP contribution in [0.5, 0.6) is 5.88 Å². The Morgan fingerprint density at radius 3 is 2.94 bits per heavy atom. The molecule has 1 heterocycles. The van der Waals surface area contributed by atoms with Crippen molar-refractivity contribution in [1.82, 2.24) is 9.97 Å². The number of hydrogen-bond donors (Lipinski definition) is 2. The number of ether oxygens (including phenoxy) is 1. The van der Waals surface area contributed by atoms with Crippen LogP contribution in [-0.2, 0) is 6.61 Å². The topological polar surface area (TPSA) is 73.1 Å². The largest absolute Gasteiger partial charge is 0.472 e. The summed E-state index contributed by atoms with van der Waals surface area (Å²) in [6, 6.07) is 7.92. The van der Waals surface area contributed by atoms with Gasteiger partial charge in [-0.15, -0.1) is 0 Å². The Morgan fingerprint density at radius 2 is 2.22 bits per heavy atom. The second-order valence-electron chi connectivity index (χ2n) is 3.72. The molecule has 0 unspecified atom stereocenters. The van der Waals surface area contributed by atoms with Gasteiger partial charge in [-0.05, 0) is 24.6 Å². The number of nitrogens with two attached hydrogens (primary N) is 1. The molecule has 0 amide bonds. The van der Waals surface area contributed by atoms with Gasteiger partial charge in [0.05, 0.1) is 5.56 Å². The number of nitrogens with zero attached hydrogens (tertiary/aromatic N) is 2. The highest BCUT2D eigenvalue weighted by Gasteiger charge is 2.07. The van der Waals surface area contributed by atoms with Crippen molar-refractivity contribution < 1.29 is 4.74 Å². The number of anilines is 1. The normalized spacial score (nSPS) is 10.2. The van der Waals surface area contributed by atoms with Crippen LogP contribution in [0.15, 0.2) is 35.1 Å². The summed E-state index contributed by atoms with van der Waals surface area (Å²) in [5.74, 6) is 6.43. The number of nitrogens with one attached hydrogen (secondary N) is 1. The van der Waals surface area contributed by atoms with Crippen LogP contribution in [0.4, 0.5) is 5.82 Å². The van der Waals surface area contributed by atoms with Gasteiger partial charge in [-0.3, -0.25) is 0 Å². The van der Waals surface area contributed by atoms with E-state index in [0.29, 0.717) is 18.3 Å². The number of nitrogen functional groups attached to an aromatic ring is 1. The van der Waals surface area contributed by atoms with Crippen molar-refractivity contribution >= 4 is 21.7 Å². The van der Waals surface area contributed by atoms with Crippen LogP contribution in [0.25, 0.3) is 0 Å². The van der Waals surface area contributed by atoms with Crippen LogP contribution in [0.3, 0.4) is 0 Å². The lowest BCUT2D eigenvalue weighted by atomic mass is 10.2. The molecular weight excluding hydrogens is 296 g/mol.